The van der Waals surface area contributed by atoms with Crippen LogP contribution in [0, 0.1) is 11.6 Å². The zero-order valence-corrected chi connectivity index (χ0v) is 10.1. The molecule has 2 rings (SSSR count). The molecule has 1 heterocycles. The van der Waals surface area contributed by atoms with Gasteiger partial charge in [0.1, 0.15) is 11.6 Å². The summed E-state index contributed by atoms with van der Waals surface area (Å²) in [5.74, 6) is -1.11. The highest BCUT2D eigenvalue weighted by Gasteiger charge is 2.05. The first kappa shape index (κ1) is 12.5. The van der Waals surface area contributed by atoms with Gasteiger partial charge in [0.25, 0.3) is 0 Å². The molecule has 0 saturated carbocycles. The molecule has 0 saturated heterocycles. The van der Waals surface area contributed by atoms with E-state index in [1.165, 1.54) is 12.1 Å². The molecule has 0 unspecified atom stereocenters. The Labute approximate surface area is 105 Å². The van der Waals surface area contributed by atoms with Gasteiger partial charge in [-0.3, -0.25) is 4.98 Å². The van der Waals surface area contributed by atoms with Gasteiger partial charge in [0.15, 0.2) is 0 Å². The maximum atomic E-state index is 13.1. The number of halogens is 2. The summed E-state index contributed by atoms with van der Waals surface area (Å²) >= 11 is 0. The summed E-state index contributed by atoms with van der Waals surface area (Å²) in [7, 11) is 1.81. The van der Waals surface area contributed by atoms with Gasteiger partial charge in [-0.25, -0.2) is 8.78 Å². The molecule has 0 aliphatic carbocycles. The van der Waals surface area contributed by atoms with Crippen LogP contribution in [0.4, 0.5) is 14.5 Å². The Bertz CT molecular complexity index is 494. The second-order valence-corrected chi connectivity index (χ2v) is 4.15. The van der Waals surface area contributed by atoms with Crippen LogP contribution in [-0.4, -0.2) is 18.6 Å². The van der Waals surface area contributed by atoms with Crippen molar-refractivity contribution in [2.24, 2.45) is 0 Å². The van der Waals surface area contributed by atoms with E-state index in [-0.39, 0.29) is 0 Å². The summed E-state index contributed by atoms with van der Waals surface area (Å²) in [6, 6.07) is 7.39. The van der Waals surface area contributed by atoms with Gasteiger partial charge in [-0.1, -0.05) is 0 Å². The van der Waals surface area contributed by atoms with Crippen LogP contribution in [0.1, 0.15) is 5.56 Å². The van der Waals surface area contributed by atoms with Crippen LogP contribution in [0.5, 0.6) is 0 Å². The third-order valence-corrected chi connectivity index (χ3v) is 2.77. The van der Waals surface area contributed by atoms with E-state index in [9.17, 15) is 8.78 Å². The first-order chi connectivity index (χ1) is 8.65. The minimum absolute atomic E-state index is 0.543. The van der Waals surface area contributed by atoms with Gasteiger partial charge in [0.05, 0.1) is 0 Å². The summed E-state index contributed by atoms with van der Waals surface area (Å²) in [5.41, 5.74) is 1.69. The van der Waals surface area contributed by atoms with Crippen LogP contribution in [0.2, 0.25) is 0 Å². The normalized spacial score (nSPS) is 10.4. The van der Waals surface area contributed by atoms with Crippen molar-refractivity contribution >= 4 is 5.69 Å². The first-order valence-corrected chi connectivity index (χ1v) is 5.71. The predicted molar refractivity (Wildman–Crippen MR) is 67.6 cm³/mol. The van der Waals surface area contributed by atoms with Crippen LogP contribution in [0.3, 0.4) is 0 Å². The molecule has 0 amide bonds. The van der Waals surface area contributed by atoms with Gasteiger partial charge >= 0.3 is 0 Å². The van der Waals surface area contributed by atoms with E-state index in [1.807, 2.05) is 24.1 Å². The molecule has 0 N–H and O–H groups in total. The predicted octanol–water partition coefficient (Wildman–Crippen LogP) is 3.04. The lowest BCUT2D eigenvalue weighted by atomic mass is 10.2. The Balaban J connectivity index is 2.01. The van der Waals surface area contributed by atoms with Gasteiger partial charge in [0.2, 0.25) is 0 Å². The van der Waals surface area contributed by atoms with Crippen molar-refractivity contribution < 1.29 is 8.78 Å². The quantitative estimate of drug-likeness (QED) is 0.826. The molecular weight excluding hydrogens is 234 g/mol. The fourth-order valence-electron chi connectivity index (χ4n) is 1.74. The molecule has 2 nitrogen and oxygen atoms in total. The van der Waals surface area contributed by atoms with E-state index in [1.54, 1.807) is 12.4 Å². The summed E-state index contributed by atoms with van der Waals surface area (Å²) in [5, 5.41) is 0. The SMILES string of the molecule is CN(CCc1ccncc1)c1cc(F)cc(F)c1. The molecule has 2 aromatic rings. The summed E-state index contributed by atoms with van der Waals surface area (Å²) in [4.78, 5) is 5.77. The minimum atomic E-state index is -0.555. The van der Waals surface area contributed by atoms with Gasteiger partial charge in [-0.2, -0.15) is 0 Å². The van der Waals surface area contributed by atoms with E-state index in [4.69, 9.17) is 0 Å². The number of aromatic nitrogens is 1. The molecule has 0 aliphatic rings. The van der Waals surface area contributed by atoms with Crippen LogP contribution < -0.4 is 4.90 Å². The van der Waals surface area contributed by atoms with Crippen molar-refractivity contribution in [2.45, 2.75) is 6.42 Å². The summed E-state index contributed by atoms with van der Waals surface area (Å²) in [6.07, 6.45) is 4.27. The molecule has 0 radical (unpaired) electrons. The van der Waals surface area contributed by atoms with Gasteiger partial charge < -0.3 is 4.90 Å². The van der Waals surface area contributed by atoms with Gasteiger partial charge in [-0.05, 0) is 36.2 Å². The molecule has 94 valence electrons. The maximum Gasteiger partial charge on any atom is 0.128 e. The molecule has 0 aliphatic heterocycles. The van der Waals surface area contributed by atoms with Crippen molar-refractivity contribution in [3.05, 3.63) is 59.9 Å². The highest BCUT2D eigenvalue weighted by atomic mass is 19.1. The Morgan fingerprint density at radius 1 is 1.06 bits per heavy atom. The van der Waals surface area contributed by atoms with Crippen molar-refractivity contribution in [1.82, 2.24) is 4.98 Å². The molecule has 0 fully saturated rings. The molecule has 1 aromatic heterocycles. The maximum absolute atomic E-state index is 13.1. The zero-order chi connectivity index (χ0) is 13.0. The number of likely N-dealkylation sites (N-methyl/N-ethyl adjacent to an activating group) is 1. The minimum Gasteiger partial charge on any atom is -0.374 e. The number of hydrogen-bond donors (Lipinski definition) is 0. The third kappa shape index (κ3) is 3.26. The van der Waals surface area contributed by atoms with Crippen LogP contribution >= 0.6 is 0 Å². The molecule has 0 atom stereocenters. The lowest BCUT2D eigenvalue weighted by Gasteiger charge is -2.19. The van der Waals surface area contributed by atoms with Gasteiger partial charge in [0, 0.05) is 37.7 Å². The smallest absolute Gasteiger partial charge is 0.128 e. The van der Waals surface area contributed by atoms with Crippen molar-refractivity contribution in [2.75, 3.05) is 18.5 Å². The zero-order valence-electron chi connectivity index (χ0n) is 10.1. The molecule has 1 aromatic carbocycles. The molecule has 0 bridgehead atoms. The number of hydrogen-bond acceptors (Lipinski definition) is 2. The van der Waals surface area contributed by atoms with E-state index in [0.717, 1.165) is 18.1 Å². The Morgan fingerprint density at radius 2 is 1.67 bits per heavy atom. The number of rotatable bonds is 4. The monoisotopic (exact) mass is 248 g/mol. The van der Waals surface area contributed by atoms with Crippen molar-refractivity contribution in [3.63, 3.8) is 0 Å². The van der Waals surface area contributed by atoms with Gasteiger partial charge in [-0.15, -0.1) is 0 Å². The fourth-order valence-corrected chi connectivity index (χ4v) is 1.74. The second kappa shape index (κ2) is 5.58. The molecule has 18 heavy (non-hydrogen) atoms. The average molecular weight is 248 g/mol. The van der Waals surface area contributed by atoms with E-state index in [2.05, 4.69) is 4.98 Å². The lowest BCUT2D eigenvalue weighted by Crippen LogP contribution is -2.20. The second-order valence-electron chi connectivity index (χ2n) is 4.15. The van der Waals surface area contributed by atoms with Crippen molar-refractivity contribution in [1.29, 1.82) is 0 Å². The van der Waals surface area contributed by atoms with E-state index < -0.39 is 11.6 Å². The van der Waals surface area contributed by atoms with Crippen molar-refractivity contribution in [3.8, 4) is 0 Å². The third-order valence-electron chi connectivity index (χ3n) is 2.77. The molecular formula is C14H14F2N2. The first-order valence-electron chi connectivity index (χ1n) is 5.71. The molecule has 4 heteroatoms. The average Bonchev–Trinajstić information content (AvgIpc) is 2.36. The Morgan fingerprint density at radius 3 is 2.28 bits per heavy atom. The number of anilines is 1. The Hall–Kier alpha value is -1.97. The Kier molecular flexibility index (Phi) is 3.87. The van der Waals surface area contributed by atoms with Crippen LogP contribution in [0.25, 0.3) is 0 Å². The molecule has 0 spiro atoms. The van der Waals surface area contributed by atoms with Crippen LogP contribution in [-0.2, 0) is 6.42 Å². The number of pyridine rings is 1. The van der Waals surface area contributed by atoms with E-state index in [0.29, 0.717) is 12.2 Å². The number of benzene rings is 1. The lowest BCUT2D eigenvalue weighted by molar-refractivity contribution is 0.582. The fraction of sp³-hybridized carbons (Fsp3) is 0.214. The standard InChI is InChI=1S/C14H14F2N2/c1-18(7-4-11-2-5-17-6-3-11)14-9-12(15)8-13(16)10-14/h2-3,5-6,8-10H,4,7H2,1H3. The highest BCUT2D eigenvalue weighted by molar-refractivity contribution is 5.46. The van der Waals surface area contributed by atoms with Crippen LogP contribution in [0.15, 0.2) is 42.7 Å². The number of nitrogens with zero attached hydrogens (tertiary/aromatic N) is 2. The summed E-state index contributed by atoms with van der Waals surface area (Å²) in [6.45, 7) is 0.687. The van der Waals surface area contributed by atoms with E-state index >= 15 is 0 Å². The topological polar surface area (TPSA) is 16.1 Å². The largest absolute Gasteiger partial charge is 0.374 e. The summed E-state index contributed by atoms with van der Waals surface area (Å²) < 4.78 is 26.2. The highest BCUT2D eigenvalue weighted by Crippen LogP contribution is 2.17.